The number of nitrogens with zero attached hydrogens (tertiary/aromatic N) is 1. The van der Waals surface area contributed by atoms with Crippen molar-refractivity contribution in [1.82, 2.24) is 5.32 Å². The lowest BCUT2D eigenvalue weighted by atomic mass is 10.1. The Bertz CT molecular complexity index is 434. The van der Waals surface area contributed by atoms with Crippen LogP contribution in [-0.2, 0) is 4.74 Å². The summed E-state index contributed by atoms with van der Waals surface area (Å²) in [5.74, 6) is 0. The Morgan fingerprint density at radius 2 is 2.22 bits per heavy atom. The van der Waals surface area contributed by atoms with Crippen molar-refractivity contribution in [1.29, 1.82) is 0 Å². The van der Waals surface area contributed by atoms with E-state index in [1.165, 1.54) is 6.07 Å². The third kappa shape index (κ3) is 3.73. The second kappa shape index (κ2) is 6.58. The molecule has 0 bridgehead atoms. The first-order valence-corrected chi connectivity index (χ1v) is 5.52. The van der Waals surface area contributed by atoms with Gasteiger partial charge in [-0.3, -0.25) is 10.1 Å². The molecular weight excluding hydrogens is 236 g/mol. The first-order chi connectivity index (χ1) is 8.56. The minimum Gasteiger partial charge on any atom is -0.441 e. The Hall–Kier alpha value is -2.11. The van der Waals surface area contributed by atoms with Crippen LogP contribution in [0.5, 0.6) is 0 Å². The van der Waals surface area contributed by atoms with E-state index >= 15 is 0 Å². The van der Waals surface area contributed by atoms with E-state index in [4.69, 9.17) is 4.74 Å². The molecule has 6 heteroatoms. The van der Waals surface area contributed by atoms with E-state index in [1.807, 2.05) is 0 Å². The molecule has 1 rings (SSSR count). The lowest BCUT2D eigenvalue weighted by Crippen LogP contribution is -2.26. The quantitative estimate of drug-likeness (QED) is 0.644. The molecule has 1 amide bonds. The number of benzene rings is 1. The fourth-order valence-corrected chi connectivity index (χ4v) is 1.45. The lowest BCUT2D eigenvalue weighted by molar-refractivity contribution is -0.386. The summed E-state index contributed by atoms with van der Waals surface area (Å²) in [6.45, 7) is 3.78. The van der Waals surface area contributed by atoms with Gasteiger partial charge in [0.05, 0.1) is 10.5 Å². The average molecular weight is 251 g/mol. The number of hydrogen-bond donors (Lipinski definition) is 1. The van der Waals surface area contributed by atoms with E-state index in [0.717, 1.165) is 0 Å². The number of alkyl carbamates (subject to hydrolysis) is 1. The molecule has 0 aliphatic rings. The van der Waals surface area contributed by atoms with Crippen molar-refractivity contribution in [2.75, 3.05) is 6.54 Å². The molecule has 97 valence electrons. The van der Waals surface area contributed by atoms with Crippen molar-refractivity contribution < 1.29 is 14.5 Å². The molecule has 18 heavy (non-hydrogen) atoms. The SMILES string of the molecule is C[CH]CNC(=O)OC(C)c1ccccc1[N+](=O)[O-]. The highest BCUT2D eigenvalue weighted by Gasteiger charge is 2.20. The van der Waals surface area contributed by atoms with E-state index < -0.39 is 17.1 Å². The molecule has 0 saturated heterocycles. The highest BCUT2D eigenvalue weighted by molar-refractivity contribution is 5.67. The third-order valence-corrected chi connectivity index (χ3v) is 2.31. The van der Waals surface area contributed by atoms with Crippen molar-refractivity contribution in [3.8, 4) is 0 Å². The van der Waals surface area contributed by atoms with E-state index in [0.29, 0.717) is 12.1 Å². The van der Waals surface area contributed by atoms with Crippen LogP contribution in [-0.4, -0.2) is 17.6 Å². The number of carbonyl (C=O) groups excluding carboxylic acids is 1. The molecule has 1 aromatic carbocycles. The molecule has 1 atom stereocenters. The predicted molar refractivity (Wildman–Crippen MR) is 66.0 cm³/mol. The summed E-state index contributed by atoms with van der Waals surface area (Å²) in [7, 11) is 0. The second-order valence-electron chi connectivity index (χ2n) is 3.65. The van der Waals surface area contributed by atoms with Gasteiger partial charge >= 0.3 is 6.09 Å². The van der Waals surface area contributed by atoms with Gasteiger partial charge in [-0.15, -0.1) is 0 Å². The normalized spacial score (nSPS) is 11.7. The predicted octanol–water partition coefficient (Wildman–Crippen LogP) is 2.61. The Kier molecular flexibility index (Phi) is 5.10. The molecule has 0 aliphatic carbocycles. The van der Waals surface area contributed by atoms with Gasteiger partial charge in [0.1, 0.15) is 6.10 Å². The zero-order chi connectivity index (χ0) is 13.5. The van der Waals surface area contributed by atoms with Crippen molar-refractivity contribution in [2.24, 2.45) is 0 Å². The average Bonchev–Trinajstić information content (AvgIpc) is 2.36. The summed E-state index contributed by atoms with van der Waals surface area (Å²) in [4.78, 5) is 21.7. The van der Waals surface area contributed by atoms with E-state index in [9.17, 15) is 14.9 Å². The zero-order valence-electron chi connectivity index (χ0n) is 10.3. The first-order valence-electron chi connectivity index (χ1n) is 5.52. The van der Waals surface area contributed by atoms with Crippen LogP contribution in [0.4, 0.5) is 10.5 Å². The van der Waals surface area contributed by atoms with Crippen LogP contribution in [0.1, 0.15) is 25.5 Å². The summed E-state index contributed by atoms with van der Waals surface area (Å²) in [5, 5.41) is 13.3. The molecule has 1 N–H and O–H groups in total. The Balaban J connectivity index is 2.75. The van der Waals surface area contributed by atoms with Crippen molar-refractivity contribution in [2.45, 2.75) is 20.0 Å². The summed E-state index contributed by atoms with van der Waals surface area (Å²) < 4.78 is 5.05. The van der Waals surface area contributed by atoms with Gasteiger partial charge in [0, 0.05) is 12.6 Å². The number of rotatable bonds is 5. The summed E-state index contributed by atoms with van der Waals surface area (Å²) in [5.41, 5.74) is 0.318. The van der Waals surface area contributed by atoms with Crippen LogP contribution in [0.3, 0.4) is 0 Å². The number of para-hydroxylation sites is 1. The largest absolute Gasteiger partial charge is 0.441 e. The molecule has 1 radical (unpaired) electrons. The Morgan fingerprint density at radius 1 is 1.56 bits per heavy atom. The van der Waals surface area contributed by atoms with Gasteiger partial charge in [0.2, 0.25) is 0 Å². The fourth-order valence-electron chi connectivity index (χ4n) is 1.45. The molecule has 0 spiro atoms. The smallest absolute Gasteiger partial charge is 0.407 e. The maximum atomic E-state index is 11.3. The molecule has 0 saturated carbocycles. The first kappa shape index (κ1) is 14.0. The van der Waals surface area contributed by atoms with Crippen LogP contribution in [0, 0.1) is 16.5 Å². The van der Waals surface area contributed by atoms with Gasteiger partial charge in [-0.25, -0.2) is 4.79 Å². The molecule has 1 aromatic rings. The van der Waals surface area contributed by atoms with Gasteiger partial charge in [-0.1, -0.05) is 19.1 Å². The standard InChI is InChI=1S/C12H15N2O4/c1-3-8-13-12(15)18-9(2)10-6-4-5-7-11(10)14(16)17/h3-7,9H,8H2,1-2H3,(H,13,15). The number of nitro groups is 1. The Morgan fingerprint density at radius 3 is 2.83 bits per heavy atom. The van der Waals surface area contributed by atoms with E-state index in [-0.39, 0.29) is 5.69 Å². The van der Waals surface area contributed by atoms with Crippen LogP contribution in [0.2, 0.25) is 0 Å². The molecule has 1 unspecified atom stereocenters. The van der Waals surface area contributed by atoms with Gasteiger partial charge in [0.25, 0.3) is 5.69 Å². The van der Waals surface area contributed by atoms with Gasteiger partial charge in [-0.05, 0) is 19.4 Å². The fraction of sp³-hybridized carbons (Fsp3) is 0.333. The van der Waals surface area contributed by atoms with Crippen LogP contribution in [0.25, 0.3) is 0 Å². The number of nitro benzene ring substituents is 1. The molecule has 0 aliphatic heterocycles. The number of ether oxygens (including phenoxy) is 1. The summed E-state index contributed by atoms with van der Waals surface area (Å²) >= 11 is 0. The number of amides is 1. The number of hydrogen-bond acceptors (Lipinski definition) is 4. The Labute approximate surface area is 105 Å². The van der Waals surface area contributed by atoms with Crippen molar-refractivity contribution in [3.05, 3.63) is 46.4 Å². The maximum Gasteiger partial charge on any atom is 0.407 e. The maximum absolute atomic E-state index is 11.3. The second-order valence-corrected chi connectivity index (χ2v) is 3.65. The number of carbonyl (C=O) groups is 1. The van der Waals surface area contributed by atoms with Crippen LogP contribution in [0.15, 0.2) is 24.3 Å². The monoisotopic (exact) mass is 251 g/mol. The van der Waals surface area contributed by atoms with Gasteiger partial charge in [0.15, 0.2) is 0 Å². The topological polar surface area (TPSA) is 81.5 Å². The lowest BCUT2D eigenvalue weighted by Gasteiger charge is -2.14. The van der Waals surface area contributed by atoms with E-state index in [1.54, 1.807) is 38.5 Å². The zero-order valence-corrected chi connectivity index (χ0v) is 10.3. The molecule has 6 nitrogen and oxygen atoms in total. The molecular formula is C12H15N2O4. The summed E-state index contributed by atoms with van der Waals surface area (Å²) in [6, 6.07) is 6.19. The summed E-state index contributed by atoms with van der Waals surface area (Å²) in [6.07, 6.45) is 0.485. The highest BCUT2D eigenvalue weighted by atomic mass is 16.6. The van der Waals surface area contributed by atoms with Crippen LogP contribution < -0.4 is 5.32 Å². The van der Waals surface area contributed by atoms with E-state index in [2.05, 4.69) is 5.32 Å². The highest BCUT2D eigenvalue weighted by Crippen LogP contribution is 2.26. The van der Waals surface area contributed by atoms with Gasteiger partial charge in [-0.2, -0.15) is 0 Å². The number of nitrogens with one attached hydrogen (secondary N) is 1. The molecule has 0 aromatic heterocycles. The molecule has 0 fully saturated rings. The van der Waals surface area contributed by atoms with Crippen LogP contribution >= 0.6 is 0 Å². The minimum absolute atomic E-state index is 0.0557. The van der Waals surface area contributed by atoms with Crippen molar-refractivity contribution in [3.63, 3.8) is 0 Å². The van der Waals surface area contributed by atoms with Crippen molar-refractivity contribution >= 4 is 11.8 Å². The van der Waals surface area contributed by atoms with Gasteiger partial charge < -0.3 is 10.1 Å². The minimum atomic E-state index is -0.677. The molecule has 0 heterocycles. The third-order valence-electron chi connectivity index (χ3n) is 2.31.